The minimum atomic E-state index is -0.530. The normalized spacial score (nSPS) is 11.4. The molecule has 1 aliphatic carbocycles. The standard InChI is InChI=1S/C16H14O4/c1-7-5-8(2)14-11(6-7)19-15-9(3)12(17)13(18)10(4)16(15)20-14/h5-6H,1-4H3. The van der Waals surface area contributed by atoms with Crippen molar-refractivity contribution >= 4 is 11.2 Å². The van der Waals surface area contributed by atoms with Crippen LogP contribution >= 0.6 is 0 Å². The van der Waals surface area contributed by atoms with E-state index in [0.717, 1.165) is 11.1 Å². The molecule has 102 valence electrons. The fourth-order valence-corrected chi connectivity index (χ4v) is 2.47. The molecule has 4 nitrogen and oxygen atoms in total. The van der Waals surface area contributed by atoms with E-state index < -0.39 is 10.9 Å². The van der Waals surface area contributed by atoms with Crippen LogP contribution in [0.15, 0.2) is 30.6 Å². The molecule has 0 aromatic heterocycles. The summed E-state index contributed by atoms with van der Waals surface area (Å²) in [5.41, 5.74) is 2.68. The Balaban J connectivity index is 2.62. The second kappa shape index (κ2) is 4.07. The van der Waals surface area contributed by atoms with Gasteiger partial charge in [0.2, 0.25) is 10.9 Å². The SMILES string of the molecule is Cc1cc(C)c2oc3c(C)c(=O)c(=O)c(C)c-3oc2c1. The van der Waals surface area contributed by atoms with Crippen LogP contribution in [0.2, 0.25) is 0 Å². The lowest BCUT2D eigenvalue weighted by molar-refractivity contribution is 0.514. The molecule has 0 saturated carbocycles. The second-order valence-corrected chi connectivity index (χ2v) is 5.18. The summed E-state index contributed by atoms with van der Waals surface area (Å²) in [7, 11) is 0. The predicted octanol–water partition coefficient (Wildman–Crippen LogP) is 3.08. The average molecular weight is 270 g/mol. The van der Waals surface area contributed by atoms with Gasteiger partial charge in [0.25, 0.3) is 0 Å². The molecule has 4 heteroatoms. The van der Waals surface area contributed by atoms with Gasteiger partial charge in [0.15, 0.2) is 22.7 Å². The second-order valence-electron chi connectivity index (χ2n) is 5.18. The van der Waals surface area contributed by atoms with Gasteiger partial charge in [-0.25, -0.2) is 0 Å². The topological polar surface area (TPSA) is 60.4 Å². The predicted molar refractivity (Wildman–Crippen MR) is 76.6 cm³/mol. The molecule has 0 amide bonds. The molecular formula is C16H14O4. The summed E-state index contributed by atoms with van der Waals surface area (Å²) in [5.74, 6) is 0.705. The van der Waals surface area contributed by atoms with Crippen molar-refractivity contribution in [3.8, 4) is 11.5 Å². The molecule has 0 atom stereocenters. The molecule has 1 aromatic rings. The molecule has 0 spiro atoms. The molecule has 0 fully saturated rings. The Bertz CT molecular complexity index is 928. The first-order valence-electron chi connectivity index (χ1n) is 6.38. The van der Waals surface area contributed by atoms with Crippen molar-refractivity contribution in [2.75, 3.05) is 0 Å². The van der Waals surface area contributed by atoms with Crippen molar-refractivity contribution in [3.05, 3.63) is 54.8 Å². The van der Waals surface area contributed by atoms with Crippen molar-refractivity contribution in [2.24, 2.45) is 0 Å². The maximum atomic E-state index is 11.9. The fourth-order valence-electron chi connectivity index (χ4n) is 2.47. The van der Waals surface area contributed by atoms with Gasteiger partial charge in [-0.3, -0.25) is 9.59 Å². The zero-order valence-corrected chi connectivity index (χ0v) is 11.8. The highest BCUT2D eigenvalue weighted by Gasteiger charge is 2.22. The van der Waals surface area contributed by atoms with Crippen molar-refractivity contribution in [2.45, 2.75) is 27.7 Å². The van der Waals surface area contributed by atoms with Crippen molar-refractivity contribution in [1.29, 1.82) is 0 Å². The highest BCUT2D eigenvalue weighted by molar-refractivity contribution is 5.78. The van der Waals surface area contributed by atoms with Gasteiger partial charge in [0.05, 0.1) is 0 Å². The average Bonchev–Trinajstić information content (AvgIpc) is 2.41. The Morgan fingerprint density at radius 2 is 1.35 bits per heavy atom. The van der Waals surface area contributed by atoms with Crippen LogP contribution in [0.3, 0.4) is 0 Å². The van der Waals surface area contributed by atoms with E-state index in [4.69, 9.17) is 8.83 Å². The van der Waals surface area contributed by atoms with Gasteiger partial charge in [-0.2, -0.15) is 0 Å². The quantitative estimate of drug-likeness (QED) is 0.465. The van der Waals surface area contributed by atoms with Crippen molar-refractivity contribution in [1.82, 2.24) is 0 Å². The fraction of sp³-hybridized carbons (Fsp3) is 0.250. The number of aryl methyl sites for hydroxylation is 2. The molecule has 0 bridgehead atoms. The van der Waals surface area contributed by atoms with Crippen LogP contribution in [0.1, 0.15) is 22.3 Å². The summed E-state index contributed by atoms with van der Waals surface area (Å²) in [4.78, 5) is 23.7. The van der Waals surface area contributed by atoms with Gasteiger partial charge in [0, 0.05) is 11.1 Å². The minimum Gasteiger partial charge on any atom is -0.449 e. The number of benzene rings is 2. The zero-order chi connectivity index (χ0) is 14.6. The maximum Gasteiger partial charge on any atom is 0.232 e. The summed E-state index contributed by atoms with van der Waals surface area (Å²) in [6, 6.07) is 3.84. The third kappa shape index (κ3) is 1.61. The minimum absolute atomic E-state index is 0.292. The molecule has 3 rings (SSSR count). The largest absolute Gasteiger partial charge is 0.449 e. The monoisotopic (exact) mass is 270 g/mol. The van der Waals surface area contributed by atoms with Gasteiger partial charge in [0.1, 0.15) is 0 Å². The molecule has 2 aliphatic rings. The Morgan fingerprint density at radius 3 is 1.95 bits per heavy atom. The molecule has 1 heterocycles. The molecule has 0 unspecified atom stereocenters. The molecule has 20 heavy (non-hydrogen) atoms. The highest BCUT2D eigenvalue weighted by atomic mass is 16.4. The summed E-state index contributed by atoms with van der Waals surface area (Å²) in [6.45, 7) is 7.05. The summed E-state index contributed by atoms with van der Waals surface area (Å²) in [6.07, 6.45) is 0. The summed E-state index contributed by atoms with van der Waals surface area (Å²) >= 11 is 0. The molecule has 1 aromatic carbocycles. The van der Waals surface area contributed by atoms with E-state index in [-0.39, 0.29) is 0 Å². The lowest BCUT2D eigenvalue weighted by Crippen LogP contribution is -2.29. The van der Waals surface area contributed by atoms with Gasteiger partial charge < -0.3 is 8.83 Å². The molecule has 0 radical (unpaired) electrons. The first-order chi connectivity index (χ1) is 9.40. The zero-order valence-electron chi connectivity index (χ0n) is 11.8. The maximum absolute atomic E-state index is 11.9. The Labute approximate surface area is 115 Å². The molecule has 0 N–H and O–H groups in total. The smallest absolute Gasteiger partial charge is 0.232 e. The lowest BCUT2D eigenvalue weighted by Gasteiger charge is -2.12. The van der Waals surface area contributed by atoms with E-state index in [0.29, 0.717) is 33.8 Å². The Morgan fingerprint density at radius 1 is 0.800 bits per heavy atom. The van der Waals surface area contributed by atoms with Crippen molar-refractivity contribution in [3.63, 3.8) is 0 Å². The first-order valence-corrected chi connectivity index (χ1v) is 6.38. The third-order valence-electron chi connectivity index (χ3n) is 3.58. The summed E-state index contributed by atoms with van der Waals surface area (Å²) < 4.78 is 11.7. The van der Waals surface area contributed by atoms with E-state index >= 15 is 0 Å². The van der Waals surface area contributed by atoms with Gasteiger partial charge in [-0.05, 0) is 44.9 Å². The van der Waals surface area contributed by atoms with Crippen molar-refractivity contribution < 1.29 is 8.83 Å². The van der Waals surface area contributed by atoms with E-state index in [9.17, 15) is 9.59 Å². The van der Waals surface area contributed by atoms with Crippen LogP contribution in [0, 0.1) is 27.7 Å². The van der Waals surface area contributed by atoms with E-state index in [1.54, 1.807) is 13.8 Å². The van der Waals surface area contributed by atoms with Crippen LogP contribution in [-0.4, -0.2) is 0 Å². The molecular weight excluding hydrogens is 256 g/mol. The number of fused-ring (bicyclic) bond motifs is 2. The van der Waals surface area contributed by atoms with Crippen LogP contribution in [0.4, 0.5) is 0 Å². The molecule has 0 saturated heterocycles. The van der Waals surface area contributed by atoms with Gasteiger partial charge in [-0.1, -0.05) is 6.07 Å². The van der Waals surface area contributed by atoms with Gasteiger partial charge >= 0.3 is 0 Å². The Kier molecular flexibility index (Phi) is 2.57. The van der Waals surface area contributed by atoms with Crippen LogP contribution in [-0.2, 0) is 0 Å². The van der Waals surface area contributed by atoms with E-state index in [1.807, 2.05) is 26.0 Å². The van der Waals surface area contributed by atoms with E-state index in [1.165, 1.54) is 0 Å². The van der Waals surface area contributed by atoms with Crippen LogP contribution in [0.25, 0.3) is 22.7 Å². The van der Waals surface area contributed by atoms with Crippen LogP contribution < -0.4 is 10.9 Å². The number of rotatable bonds is 0. The Hall–Kier alpha value is -2.36. The highest BCUT2D eigenvalue weighted by Crippen LogP contribution is 2.32. The first kappa shape index (κ1) is 12.7. The van der Waals surface area contributed by atoms with Crippen LogP contribution in [0.5, 0.6) is 0 Å². The van der Waals surface area contributed by atoms with E-state index in [2.05, 4.69) is 0 Å². The third-order valence-corrected chi connectivity index (χ3v) is 3.58. The number of hydrogen-bond donors (Lipinski definition) is 0. The lowest BCUT2D eigenvalue weighted by atomic mass is 10.1. The molecule has 1 aliphatic heterocycles. The van der Waals surface area contributed by atoms with Gasteiger partial charge in [-0.15, -0.1) is 0 Å². The number of hydrogen-bond acceptors (Lipinski definition) is 4. The summed E-state index contributed by atoms with van der Waals surface area (Å²) in [5, 5.41) is 0.